The number of hydrogen-bond donors (Lipinski definition) is 0. The summed E-state index contributed by atoms with van der Waals surface area (Å²) in [5, 5.41) is 8.84. The molecule has 2 aromatic carbocycles. The van der Waals surface area contributed by atoms with Crippen molar-refractivity contribution in [1.82, 2.24) is 10.2 Å². The summed E-state index contributed by atoms with van der Waals surface area (Å²) in [7, 11) is 1.56. The van der Waals surface area contributed by atoms with Gasteiger partial charge in [0.15, 0.2) is 16.9 Å². The van der Waals surface area contributed by atoms with Crippen LogP contribution < -0.4 is 19.8 Å². The summed E-state index contributed by atoms with van der Waals surface area (Å²) in [6.07, 6.45) is 1.94. The predicted molar refractivity (Wildman–Crippen MR) is 134 cm³/mol. The van der Waals surface area contributed by atoms with E-state index < -0.39 is 11.9 Å². The summed E-state index contributed by atoms with van der Waals surface area (Å²) in [6, 6.07) is 8.32. The van der Waals surface area contributed by atoms with Crippen molar-refractivity contribution >= 4 is 33.3 Å². The minimum Gasteiger partial charge on any atom is -0.493 e. The van der Waals surface area contributed by atoms with Crippen LogP contribution in [0.1, 0.15) is 58.6 Å². The number of nitrogens with zero attached hydrogens (tertiary/aromatic N) is 3. The van der Waals surface area contributed by atoms with E-state index in [-0.39, 0.29) is 16.8 Å². The topological polar surface area (TPSA) is 94.8 Å². The average Bonchev–Trinajstić information content (AvgIpc) is 3.47. The second-order valence-electron chi connectivity index (χ2n) is 8.52. The van der Waals surface area contributed by atoms with Gasteiger partial charge in [0.2, 0.25) is 10.9 Å². The zero-order valence-corrected chi connectivity index (χ0v) is 20.8. The fourth-order valence-corrected chi connectivity index (χ4v) is 4.90. The van der Waals surface area contributed by atoms with Gasteiger partial charge in [-0.15, -0.1) is 10.2 Å². The fourth-order valence-electron chi connectivity index (χ4n) is 4.31. The second kappa shape index (κ2) is 9.14. The first-order chi connectivity index (χ1) is 16.9. The number of methoxy groups -OCH3 is 1. The van der Waals surface area contributed by atoms with E-state index in [0.717, 1.165) is 24.0 Å². The van der Waals surface area contributed by atoms with E-state index in [1.165, 1.54) is 16.2 Å². The number of aryl methyl sites for hydroxylation is 2. The molecule has 2 aromatic heterocycles. The van der Waals surface area contributed by atoms with Gasteiger partial charge >= 0.3 is 0 Å². The van der Waals surface area contributed by atoms with Crippen molar-refractivity contribution in [2.45, 2.75) is 39.7 Å². The molecule has 5 rings (SSSR count). The molecular formula is C26H25N3O5S. The van der Waals surface area contributed by atoms with Gasteiger partial charge in [-0.25, -0.2) is 0 Å². The summed E-state index contributed by atoms with van der Waals surface area (Å²) in [6.45, 7) is 6.55. The first-order valence-corrected chi connectivity index (χ1v) is 12.3. The molecule has 0 aliphatic carbocycles. The van der Waals surface area contributed by atoms with Crippen molar-refractivity contribution < 1.29 is 18.7 Å². The monoisotopic (exact) mass is 491 g/mol. The van der Waals surface area contributed by atoms with Crippen LogP contribution in [0.25, 0.3) is 11.0 Å². The lowest BCUT2D eigenvalue weighted by atomic mass is 9.97. The van der Waals surface area contributed by atoms with Gasteiger partial charge in [0.25, 0.3) is 5.91 Å². The minimum atomic E-state index is -0.744. The molecular weight excluding hydrogens is 466 g/mol. The molecule has 1 aliphatic heterocycles. The number of fused-ring (bicyclic) bond motifs is 2. The van der Waals surface area contributed by atoms with Crippen molar-refractivity contribution in [2.75, 3.05) is 18.6 Å². The summed E-state index contributed by atoms with van der Waals surface area (Å²) in [5.74, 6) is 0.719. The van der Waals surface area contributed by atoms with E-state index in [1.807, 2.05) is 26.0 Å². The fraction of sp³-hybridized carbons (Fsp3) is 0.308. The third kappa shape index (κ3) is 3.85. The summed E-state index contributed by atoms with van der Waals surface area (Å²) < 4.78 is 17.5. The van der Waals surface area contributed by atoms with Gasteiger partial charge in [-0.05, 0) is 61.2 Å². The van der Waals surface area contributed by atoms with Gasteiger partial charge in [0.1, 0.15) is 11.1 Å². The Kier molecular flexibility index (Phi) is 6.02. The van der Waals surface area contributed by atoms with Gasteiger partial charge in [-0.1, -0.05) is 30.7 Å². The highest BCUT2D eigenvalue weighted by molar-refractivity contribution is 7.13. The molecule has 8 nitrogen and oxygen atoms in total. The summed E-state index contributed by atoms with van der Waals surface area (Å²) in [5.41, 5.74) is 4.61. The molecule has 1 atom stereocenters. The van der Waals surface area contributed by atoms with Crippen LogP contribution in [0, 0.1) is 13.8 Å². The molecule has 9 heteroatoms. The van der Waals surface area contributed by atoms with Crippen LogP contribution in [0.4, 0.5) is 5.13 Å². The molecule has 0 N–H and O–H groups in total. The van der Waals surface area contributed by atoms with E-state index in [2.05, 4.69) is 17.1 Å². The van der Waals surface area contributed by atoms with Gasteiger partial charge in [-0.3, -0.25) is 14.5 Å². The van der Waals surface area contributed by atoms with Gasteiger partial charge in [0, 0.05) is 0 Å². The Morgan fingerprint density at radius 3 is 2.63 bits per heavy atom. The number of benzene rings is 2. The zero-order chi connectivity index (χ0) is 24.7. The SMILES string of the molecule is CCCCOc1ccc(C2c3c(oc4cc(C)c(C)cc4c3=O)C(=O)N2c2nncs2)cc1OC. The van der Waals surface area contributed by atoms with Crippen LogP contribution in [-0.4, -0.2) is 29.8 Å². The molecule has 1 unspecified atom stereocenters. The number of carbonyl (C=O) groups excluding carboxylic acids is 1. The molecule has 0 fully saturated rings. The van der Waals surface area contributed by atoms with Crippen molar-refractivity contribution in [1.29, 1.82) is 0 Å². The number of ether oxygens (including phenoxy) is 2. The molecule has 1 aliphatic rings. The molecule has 4 aromatic rings. The number of anilines is 1. The molecule has 0 saturated heterocycles. The third-order valence-electron chi connectivity index (χ3n) is 6.30. The standard InChI is InChI=1S/C26H25N3O5S/c1-5-6-9-33-18-8-7-16(12-20(18)32-4)22-21-23(30)17-10-14(2)15(3)11-19(17)34-24(21)25(31)29(22)26-28-27-13-35-26/h7-8,10-13,22H,5-6,9H2,1-4H3. The molecule has 0 spiro atoms. The number of carbonyl (C=O) groups is 1. The van der Waals surface area contributed by atoms with E-state index in [1.54, 1.807) is 30.8 Å². The van der Waals surface area contributed by atoms with Crippen LogP contribution in [0.15, 0.2) is 45.1 Å². The van der Waals surface area contributed by atoms with Crippen molar-refractivity contribution in [2.24, 2.45) is 0 Å². The summed E-state index contributed by atoms with van der Waals surface area (Å²) >= 11 is 1.22. The van der Waals surface area contributed by atoms with Crippen LogP contribution in [0.5, 0.6) is 11.5 Å². The quantitative estimate of drug-likeness (QED) is 0.328. The molecule has 35 heavy (non-hydrogen) atoms. The van der Waals surface area contributed by atoms with Gasteiger partial charge in [-0.2, -0.15) is 0 Å². The second-order valence-corrected chi connectivity index (χ2v) is 9.33. The Bertz CT molecular complexity index is 1480. The van der Waals surface area contributed by atoms with Crippen LogP contribution >= 0.6 is 11.3 Å². The first kappa shape index (κ1) is 23.0. The van der Waals surface area contributed by atoms with E-state index >= 15 is 0 Å². The third-order valence-corrected chi connectivity index (χ3v) is 6.99. The average molecular weight is 492 g/mol. The lowest BCUT2D eigenvalue weighted by molar-refractivity contribution is 0.0970. The van der Waals surface area contributed by atoms with Crippen LogP contribution in [-0.2, 0) is 0 Å². The zero-order valence-electron chi connectivity index (χ0n) is 20.0. The highest BCUT2D eigenvalue weighted by Gasteiger charge is 2.45. The van der Waals surface area contributed by atoms with E-state index in [0.29, 0.717) is 39.8 Å². The number of aromatic nitrogens is 2. The molecule has 0 bridgehead atoms. The molecule has 3 heterocycles. The largest absolute Gasteiger partial charge is 0.493 e. The van der Waals surface area contributed by atoms with Crippen molar-refractivity contribution in [3.8, 4) is 11.5 Å². The van der Waals surface area contributed by atoms with Crippen molar-refractivity contribution in [3.05, 3.63) is 74.1 Å². The molecule has 0 saturated carbocycles. The van der Waals surface area contributed by atoms with Crippen molar-refractivity contribution in [3.63, 3.8) is 0 Å². The maximum atomic E-state index is 13.8. The lowest BCUT2D eigenvalue weighted by Crippen LogP contribution is -2.29. The van der Waals surface area contributed by atoms with Crippen LogP contribution in [0.3, 0.4) is 0 Å². The lowest BCUT2D eigenvalue weighted by Gasteiger charge is -2.23. The minimum absolute atomic E-state index is 0.0215. The molecule has 0 radical (unpaired) electrons. The Morgan fingerprint density at radius 1 is 1.11 bits per heavy atom. The normalized spacial score (nSPS) is 15.0. The Morgan fingerprint density at radius 2 is 1.91 bits per heavy atom. The van der Waals surface area contributed by atoms with Gasteiger partial charge in [0.05, 0.1) is 30.7 Å². The highest BCUT2D eigenvalue weighted by Crippen LogP contribution is 2.43. The summed E-state index contributed by atoms with van der Waals surface area (Å²) in [4.78, 5) is 28.9. The highest BCUT2D eigenvalue weighted by atomic mass is 32.1. The number of unbranched alkanes of at least 4 members (excludes halogenated alkanes) is 1. The number of amides is 1. The van der Waals surface area contributed by atoms with Crippen LogP contribution in [0.2, 0.25) is 0 Å². The Balaban J connectivity index is 1.71. The predicted octanol–water partition coefficient (Wildman–Crippen LogP) is 5.20. The first-order valence-electron chi connectivity index (χ1n) is 11.4. The Hall–Kier alpha value is -3.72. The van der Waals surface area contributed by atoms with Gasteiger partial charge < -0.3 is 13.9 Å². The maximum Gasteiger partial charge on any atom is 0.297 e. The molecule has 180 valence electrons. The number of hydrogen-bond acceptors (Lipinski definition) is 8. The smallest absolute Gasteiger partial charge is 0.297 e. The van der Waals surface area contributed by atoms with E-state index in [9.17, 15) is 9.59 Å². The molecule has 1 amide bonds. The van der Waals surface area contributed by atoms with E-state index in [4.69, 9.17) is 13.9 Å². The Labute approximate surface area is 206 Å². The maximum absolute atomic E-state index is 13.8. The number of rotatable bonds is 7.